The molecule has 0 unspecified atom stereocenters. The summed E-state index contributed by atoms with van der Waals surface area (Å²) in [5.74, 6) is 0.798. The normalized spacial score (nSPS) is 21.3. The molecular weight excluding hydrogens is 188 g/mol. The summed E-state index contributed by atoms with van der Waals surface area (Å²) in [6.07, 6.45) is 1.03. The highest BCUT2D eigenvalue weighted by molar-refractivity contribution is 5.84. The van der Waals surface area contributed by atoms with Gasteiger partial charge in [-0.2, -0.15) is 0 Å². The van der Waals surface area contributed by atoms with Crippen molar-refractivity contribution in [2.75, 3.05) is 12.0 Å². The minimum atomic E-state index is 0.0573. The van der Waals surface area contributed by atoms with Crippen LogP contribution in [0, 0.1) is 5.41 Å². The number of rotatable bonds is 2. The molecule has 0 bridgehead atoms. The summed E-state index contributed by atoms with van der Waals surface area (Å²) < 4.78 is 5.48. The van der Waals surface area contributed by atoms with Crippen LogP contribution in [-0.4, -0.2) is 12.5 Å². The van der Waals surface area contributed by atoms with Crippen LogP contribution in [0.4, 0.5) is 5.69 Å². The van der Waals surface area contributed by atoms with Crippen LogP contribution in [0.15, 0.2) is 35.4 Å². The molecule has 0 spiro atoms. The van der Waals surface area contributed by atoms with Crippen molar-refractivity contribution in [1.29, 1.82) is 0 Å². The summed E-state index contributed by atoms with van der Waals surface area (Å²) in [7, 11) is 0. The molecule has 0 aliphatic carbocycles. The molecule has 3 nitrogen and oxygen atoms in total. The van der Waals surface area contributed by atoms with Gasteiger partial charge in [0.05, 0.1) is 12.3 Å². The molecule has 0 atom stereocenters. The largest absolute Gasteiger partial charge is 0.479 e. The Balaban J connectivity index is 2.06. The maximum Gasteiger partial charge on any atom is 0.212 e. The SMILES string of the molecule is CC1(C)CCO/C1=N/Nc1ccccc1. The average molecular weight is 204 g/mol. The van der Waals surface area contributed by atoms with Crippen molar-refractivity contribution in [3.8, 4) is 0 Å². The number of para-hydroxylation sites is 1. The monoisotopic (exact) mass is 204 g/mol. The molecule has 0 aromatic heterocycles. The lowest BCUT2D eigenvalue weighted by atomic mass is 9.92. The van der Waals surface area contributed by atoms with Crippen molar-refractivity contribution < 1.29 is 4.74 Å². The van der Waals surface area contributed by atoms with Crippen molar-refractivity contribution >= 4 is 11.6 Å². The van der Waals surface area contributed by atoms with E-state index < -0.39 is 0 Å². The number of nitrogens with zero attached hydrogens (tertiary/aromatic N) is 1. The lowest BCUT2D eigenvalue weighted by molar-refractivity contribution is 0.343. The van der Waals surface area contributed by atoms with E-state index >= 15 is 0 Å². The summed E-state index contributed by atoms with van der Waals surface area (Å²) >= 11 is 0. The lowest BCUT2D eigenvalue weighted by Gasteiger charge is -2.14. The van der Waals surface area contributed by atoms with Gasteiger partial charge in [-0.05, 0) is 18.6 Å². The molecule has 1 N–H and O–H groups in total. The molecule has 2 rings (SSSR count). The lowest BCUT2D eigenvalue weighted by Crippen LogP contribution is -2.19. The molecular formula is C12H16N2O. The van der Waals surface area contributed by atoms with E-state index in [1.807, 2.05) is 30.3 Å². The molecule has 1 aromatic rings. The highest BCUT2D eigenvalue weighted by Gasteiger charge is 2.32. The first-order valence-corrected chi connectivity index (χ1v) is 5.20. The number of hydrazone groups is 1. The molecule has 1 heterocycles. The topological polar surface area (TPSA) is 33.6 Å². The number of hydrogen-bond donors (Lipinski definition) is 1. The van der Waals surface area contributed by atoms with Gasteiger partial charge in [-0.1, -0.05) is 32.0 Å². The molecule has 0 radical (unpaired) electrons. The summed E-state index contributed by atoms with van der Waals surface area (Å²) in [4.78, 5) is 0. The zero-order chi connectivity index (χ0) is 10.7. The van der Waals surface area contributed by atoms with Gasteiger partial charge in [0.1, 0.15) is 0 Å². The van der Waals surface area contributed by atoms with E-state index in [1.165, 1.54) is 0 Å². The van der Waals surface area contributed by atoms with Gasteiger partial charge in [0.2, 0.25) is 5.90 Å². The maximum atomic E-state index is 5.48. The standard InChI is InChI=1S/C12H16N2O/c1-12(2)8-9-15-11(12)14-13-10-6-4-3-5-7-10/h3-7,13H,8-9H2,1-2H3/b14-11+. The second-order valence-electron chi connectivity index (χ2n) is 4.38. The van der Waals surface area contributed by atoms with Gasteiger partial charge in [-0.25, -0.2) is 0 Å². The number of nitrogens with one attached hydrogen (secondary N) is 1. The highest BCUT2D eigenvalue weighted by atomic mass is 16.5. The van der Waals surface area contributed by atoms with E-state index in [1.54, 1.807) is 0 Å². The first-order valence-electron chi connectivity index (χ1n) is 5.20. The van der Waals surface area contributed by atoms with Crippen molar-refractivity contribution in [1.82, 2.24) is 0 Å². The minimum Gasteiger partial charge on any atom is -0.479 e. The van der Waals surface area contributed by atoms with Gasteiger partial charge >= 0.3 is 0 Å². The highest BCUT2D eigenvalue weighted by Crippen LogP contribution is 2.29. The third kappa shape index (κ3) is 2.29. The first-order chi connectivity index (χ1) is 7.18. The molecule has 1 aromatic carbocycles. The number of hydrogen-bond acceptors (Lipinski definition) is 3. The van der Waals surface area contributed by atoms with Crippen molar-refractivity contribution in [3.63, 3.8) is 0 Å². The number of ether oxygens (including phenoxy) is 1. The van der Waals surface area contributed by atoms with Crippen LogP contribution in [0.2, 0.25) is 0 Å². The fourth-order valence-corrected chi connectivity index (χ4v) is 1.52. The van der Waals surface area contributed by atoms with Crippen LogP contribution < -0.4 is 5.43 Å². The second kappa shape index (κ2) is 3.93. The van der Waals surface area contributed by atoms with E-state index in [0.717, 1.165) is 24.6 Å². The van der Waals surface area contributed by atoms with Crippen molar-refractivity contribution in [2.45, 2.75) is 20.3 Å². The Morgan fingerprint density at radius 2 is 2.00 bits per heavy atom. The first kappa shape index (κ1) is 10.0. The van der Waals surface area contributed by atoms with Gasteiger partial charge in [-0.3, -0.25) is 5.43 Å². The second-order valence-corrected chi connectivity index (χ2v) is 4.38. The van der Waals surface area contributed by atoms with E-state index in [9.17, 15) is 0 Å². The fourth-order valence-electron chi connectivity index (χ4n) is 1.52. The van der Waals surface area contributed by atoms with Crippen LogP contribution in [0.1, 0.15) is 20.3 Å². The van der Waals surface area contributed by atoms with Crippen LogP contribution in [0.25, 0.3) is 0 Å². The molecule has 0 amide bonds. The predicted octanol–water partition coefficient (Wildman–Crippen LogP) is 2.86. The van der Waals surface area contributed by atoms with E-state index in [4.69, 9.17) is 4.74 Å². The van der Waals surface area contributed by atoms with Gasteiger partial charge in [0.15, 0.2) is 0 Å². The molecule has 1 fully saturated rings. The summed E-state index contributed by atoms with van der Waals surface area (Å²) in [6.45, 7) is 5.05. The quantitative estimate of drug-likeness (QED) is 0.751. The Morgan fingerprint density at radius 1 is 1.27 bits per heavy atom. The zero-order valence-corrected chi connectivity index (χ0v) is 9.16. The third-order valence-corrected chi connectivity index (χ3v) is 2.61. The van der Waals surface area contributed by atoms with Crippen LogP contribution in [-0.2, 0) is 4.74 Å². The molecule has 80 valence electrons. The van der Waals surface area contributed by atoms with Gasteiger partial charge in [-0.15, -0.1) is 5.10 Å². The molecule has 1 aliphatic rings. The Kier molecular flexibility index (Phi) is 2.62. The Morgan fingerprint density at radius 3 is 2.60 bits per heavy atom. The average Bonchev–Trinajstić information content (AvgIpc) is 2.56. The van der Waals surface area contributed by atoms with Gasteiger partial charge in [0, 0.05) is 5.41 Å². The van der Waals surface area contributed by atoms with E-state index in [0.29, 0.717) is 0 Å². The molecule has 0 saturated carbocycles. The van der Waals surface area contributed by atoms with Gasteiger partial charge in [0.25, 0.3) is 0 Å². The van der Waals surface area contributed by atoms with Crippen LogP contribution in [0.5, 0.6) is 0 Å². The zero-order valence-electron chi connectivity index (χ0n) is 9.16. The smallest absolute Gasteiger partial charge is 0.212 e. The predicted molar refractivity (Wildman–Crippen MR) is 61.8 cm³/mol. The Hall–Kier alpha value is -1.51. The summed E-state index contributed by atoms with van der Waals surface area (Å²) in [6, 6.07) is 9.89. The Labute approximate surface area is 90.1 Å². The summed E-state index contributed by atoms with van der Waals surface area (Å²) in [5, 5.41) is 4.29. The fraction of sp³-hybridized carbons (Fsp3) is 0.417. The molecule has 3 heteroatoms. The third-order valence-electron chi connectivity index (χ3n) is 2.61. The van der Waals surface area contributed by atoms with Gasteiger partial charge < -0.3 is 4.74 Å². The summed E-state index contributed by atoms with van der Waals surface area (Å²) in [5.41, 5.74) is 4.05. The van der Waals surface area contributed by atoms with Crippen molar-refractivity contribution in [3.05, 3.63) is 30.3 Å². The van der Waals surface area contributed by atoms with Crippen molar-refractivity contribution in [2.24, 2.45) is 10.5 Å². The number of anilines is 1. The van der Waals surface area contributed by atoms with E-state index in [-0.39, 0.29) is 5.41 Å². The van der Waals surface area contributed by atoms with Crippen LogP contribution in [0.3, 0.4) is 0 Å². The molecule has 1 saturated heterocycles. The number of benzene rings is 1. The maximum absolute atomic E-state index is 5.48. The molecule has 1 aliphatic heterocycles. The van der Waals surface area contributed by atoms with E-state index in [2.05, 4.69) is 24.4 Å². The van der Waals surface area contributed by atoms with Crippen LogP contribution >= 0.6 is 0 Å². The molecule has 15 heavy (non-hydrogen) atoms. The Bertz CT molecular complexity index is 357. The minimum absolute atomic E-state index is 0.0573.